The summed E-state index contributed by atoms with van der Waals surface area (Å²) in [6.45, 7) is 6.21. The summed E-state index contributed by atoms with van der Waals surface area (Å²) < 4.78 is 44.2. The molecule has 0 fully saturated rings. The third-order valence-corrected chi connectivity index (χ3v) is 7.12. The van der Waals surface area contributed by atoms with Gasteiger partial charge in [-0.3, -0.25) is 4.79 Å². The Kier molecular flexibility index (Phi) is 7.48. The first kappa shape index (κ1) is 27.2. The molecule has 4 nitrogen and oxygen atoms in total. The molecule has 40 heavy (non-hydrogen) atoms. The molecule has 5 rings (SSSR count). The first-order valence-corrected chi connectivity index (χ1v) is 13.2. The van der Waals surface area contributed by atoms with Gasteiger partial charge in [0.1, 0.15) is 5.82 Å². The monoisotopic (exact) mass is 541 g/mol. The van der Waals surface area contributed by atoms with Gasteiger partial charge in [-0.05, 0) is 58.9 Å². The van der Waals surface area contributed by atoms with E-state index in [4.69, 9.17) is 0 Å². The number of aromatic nitrogens is 2. The van der Waals surface area contributed by atoms with Gasteiger partial charge in [0.15, 0.2) is 6.04 Å². The molecule has 4 aromatic carbocycles. The summed E-state index contributed by atoms with van der Waals surface area (Å²) in [6.07, 6.45) is -4.65. The zero-order valence-corrected chi connectivity index (χ0v) is 22.5. The highest BCUT2D eigenvalue weighted by Gasteiger charge is 2.42. The van der Waals surface area contributed by atoms with Gasteiger partial charge in [-0.15, -0.1) is 0 Å². The summed E-state index contributed by atoms with van der Waals surface area (Å²) in [6, 6.07) is 27.3. The molecular weight excluding hydrogens is 511 g/mol. The largest absolute Gasteiger partial charge is 0.412 e. The molecule has 0 radical (unpaired) electrons. The highest BCUT2D eigenvalue weighted by atomic mass is 19.4. The van der Waals surface area contributed by atoms with Crippen molar-refractivity contribution in [2.45, 2.75) is 45.5 Å². The second kappa shape index (κ2) is 11.0. The Hall–Kier alpha value is -4.39. The van der Waals surface area contributed by atoms with Crippen molar-refractivity contribution in [2.24, 2.45) is 0 Å². The van der Waals surface area contributed by atoms with E-state index in [1.165, 1.54) is 18.2 Å². The van der Waals surface area contributed by atoms with Gasteiger partial charge in [-0.1, -0.05) is 92.7 Å². The summed E-state index contributed by atoms with van der Waals surface area (Å²) >= 11 is 0. The number of imidazole rings is 1. The molecule has 1 N–H and O–H groups in total. The summed E-state index contributed by atoms with van der Waals surface area (Å²) in [5.74, 6) is 0.0140. The van der Waals surface area contributed by atoms with Crippen molar-refractivity contribution in [3.05, 3.63) is 125 Å². The number of alkyl halides is 3. The molecule has 0 unspecified atom stereocenters. The smallest absolute Gasteiger partial charge is 0.337 e. The Labute approximate surface area is 231 Å². The van der Waals surface area contributed by atoms with E-state index in [-0.39, 0.29) is 17.0 Å². The maximum Gasteiger partial charge on any atom is 0.412 e. The summed E-state index contributed by atoms with van der Waals surface area (Å²) in [5, 5.41) is 2.22. The van der Waals surface area contributed by atoms with Gasteiger partial charge in [-0.2, -0.15) is 13.2 Å². The van der Waals surface area contributed by atoms with Crippen LogP contribution < -0.4 is 5.32 Å². The van der Waals surface area contributed by atoms with Gasteiger partial charge in [-0.25, -0.2) is 4.98 Å². The third kappa shape index (κ3) is 5.78. The molecule has 0 spiro atoms. The number of benzene rings is 4. The van der Waals surface area contributed by atoms with Crippen molar-refractivity contribution in [1.82, 2.24) is 14.9 Å². The van der Waals surface area contributed by atoms with Crippen LogP contribution >= 0.6 is 0 Å². The number of nitrogens with zero attached hydrogens (tertiary/aromatic N) is 2. The first-order valence-electron chi connectivity index (χ1n) is 13.2. The zero-order valence-electron chi connectivity index (χ0n) is 22.5. The fraction of sp³-hybridized carbons (Fsp3) is 0.212. The first-order chi connectivity index (χ1) is 19.1. The Morgan fingerprint density at radius 3 is 2.20 bits per heavy atom. The van der Waals surface area contributed by atoms with Crippen molar-refractivity contribution in [3.63, 3.8) is 0 Å². The maximum absolute atomic E-state index is 14.1. The lowest BCUT2D eigenvalue weighted by Crippen LogP contribution is -2.38. The van der Waals surface area contributed by atoms with E-state index < -0.39 is 18.1 Å². The number of halogens is 3. The van der Waals surface area contributed by atoms with Gasteiger partial charge in [0.2, 0.25) is 0 Å². The van der Waals surface area contributed by atoms with Crippen LogP contribution in [0.15, 0.2) is 97.1 Å². The standard InChI is InChI=1S/C33H30F3N3O/c1-21(2)26-10-7-11-27(18-26)31(33(34,35)36)38-32(40)28-16-17-29-30(19-28)39(22(3)37-29)20-23-12-14-25(15-13-23)24-8-5-4-6-9-24/h4-19,21,31H,20H2,1-3H3,(H,38,40)/t31-/m1/s1. The van der Waals surface area contributed by atoms with Crippen molar-refractivity contribution in [1.29, 1.82) is 0 Å². The van der Waals surface area contributed by atoms with Crippen molar-refractivity contribution < 1.29 is 18.0 Å². The second-order valence-corrected chi connectivity index (χ2v) is 10.3. The summed E-state index contributed by atoms with van der Waals surface area (Å²) in [7, 11) is 0. The maximum atomic E-state index is 14.1. The molecule has 5 aromatic rings. The number of aryl methyl sites for hydroxylation is 1. The van der Waals surface area contributed by atoms with E-state index in [0.29, 0.717) is 17.6 Å². The van der Waals surface area contributed by atoms with E-state index in [0.717, 1.165) is 28.1 Å². The molecule has 1 aromatic heterocycles. The lowest BCUT2D eigenvalue weighted by molar-refractivity contribution is -0.155. The zero-order chi connectivity index (χ0) is 28.4. The Morgan fingerprint density at radius 2 is 1.52 bits per heavy atom. The van der Waals surface area contributed by atoms with Crippen LogP contribution in [-0.4, -0.2) is 21.6 Å². The van der Waals surface area contributed by atoms with Crippen molar-refractivity contribution in [3.8, 4) is 11.1 Å². The van der Waals surface area contributed by atoms with E-state index in [1.807, 2.05) is 55.7 Å². The van der Waals surface area contributed by atoms with E-state index in [1.54, 1.807) is 24.3 Å². The molecule has 0 saturated heterocycles. The fourth-order valence-corrected chi connectivity index (χ4v) is 4.87. The molecule has 0 saturated carbocycles. The molecule has 0 aliphatic carbocycles. The Bertz CT molecular complexity index is 1640. The van der Waals surface area contributed by atoms with Crippen LogP contribution in [0, 0.1) is 6.92 Å². The molecule has 0 aliphatic heterocycles. The van der Waals surface area contributed by atoms with Crippen LogP contribution in [0.5, 0.6) is 0 Å². The number of amides is 1. The minimum atomic E-state index is -4.65. The minimum Gasteiger partial charge on any atom is -0.337 e. The highest BCUT2D eigenvalue weighted by molar-refractivity contribution is 5.97. The number of rotatable bonds is 7. The molecule has 1 amide bonds. The predicted molar refractivity (Wildman–Crippen MR) is 152 cm³/mol. The average molecular weight is 542 g/mol. The van der Waals surface area contributed by atoms with E-state index >= 15 is 0 Å². The third-order valence-electron chi connectivity index (χ3n) is 7.12. The number of carbonyl (C=O) groups excluding carboxylic acids is 1. The van der Waals surface area contributed by atoms with Gasteiger partial charge in [0.05, 0.1) is 11.0 Å². The number of hydrogen-bond acceptors (Lipinski definition) is 2. The molecule has 1 atom stereocenters. The van der Waals surface area contributed by atoms with Gasteiger partial charge < -0.3 is 9.88 Å². The Balaban J connectivity index is 1.41. The van der Waals surface area contributed by atoms with Crippen molar-refractivity contribution in [2.75, 3.05) is 0 Å². The van der Waals surface area contributed by atoms with Crippen LogP contribution in [0.1, 0.15) is 58.7 Å². The molecular formula is C33H30F3N3O. The van der Waals surface area contributed by atoms with Gasteiger partial charge >= 0.3 is 6.18 Å². The molecule has 0 aliphatic rings. The number of fused-ring (bicyclic) bond motifs is 1. The topological polar surface area (TPSA) is 46.9 Å². The fourth-order valence-electron chi connectivity index (χ4n) is 4.87. The normalized spacial score (nSPS) is 12.6. The van der Waals surface area contributed by atoms with Crippen LogP contribution in [0.4, 0.5) is 13.2 Å². The van der Waals surface area contributed by atoms with Gasteiger partial charge in [0.25, 0.3) is 5.91 Å². The van der Waals surface area contributed by atoms with Crippen LogP contribution in [-0.2, 0) is 6.54 Å². The molecule has 1 heterocycles. The number of nitrogens with one attached hydrogen (secondary N) is 1. The summed E-state index contributed by atoms with van der Waals surface area (Å²) in [5.41, 5.74) is 5.55. The number of hydrogen-bond donors (Lipinski definition) is 1. The highest BCUT2D eigenvalue weighted by Crippen LogP contribution is 2.34. The molecule has 7 heteroatoms. The quantitative estimate of drug-likeness (QED) is 0.226. The van der Waals surface area contributed by atoms with Crippen LogP contribution in [0.25, 0.3) is 22.2 Å². The van der Waals surface area contributed by atoms with Crippen LogP contribution in [0.2, 0.25) is 0 Å². The van der Waals surface area contributed by atoms with E-state index in [9.17, 15) is 18.0 Å². The molecule has 0 bridgehead atoms. The minimum absolute atomic E-state index is 0.00737. The van der Waals surface area contributed by atoms with Crippen LogP contribution in [0.3, 0.4) is 0 Å². The lowest BCUT2D eigenvalue weighted by Gasteiger charge is -2.23. The predicted octanol–water partition coefficient (Wildman–Crippen LogP) is 8.22. The second-order valence-electron chi connectivity index (χ2n) is 10.3. The van der Waals surface area contributed by atoms with E-state index in [2.05, 4.69) is 34.6 Å². The van der Waals surface area contributed by atoms with Gasteiger partial charge in [0, 0.05) is 12.1 Å². The summed E-state index contributed by atoms with van der Waals surface area (Å²) in [4.78, 5) is 17.7. The SMILES string of the molecule is Cc1nc2ccc(C(=O)N[C@H](c3cccc(C(C)C)c3)C(F)(F)F)cc2n1Cc1ccc(-c2ccccc2)cc1. The van der Waals surface area contributed by atoms with Crippen molar-refractivity contribution >= 4 is 16.9 Å². The Morgan fingerprint density at radius 1 is 0.850 bits per heavy atom. The molecule has 204 valence electrons. The lowest BCUT2D eigenvalue weighted by atomic mass is 9.97. The average Bonchev–Trinajstić information content (AvgIpc) is 3.25. The number of carbonyl (C=O) groups is 1.